The van der Waals surface area contributed by atoms with Gasteiger partial charge >= 0.3 is 5.69 Å². The van der Waals surface area contributed by atoms with Gasteiger partial charge in [-0.25, -0.2) is 12.8 Å². The van der Waals surface area contributed by atoms with Crippen LogP contribution in [0.3, 0.4) is 0 Å². The maximum atomic E-state index is 13.2. The Labute approximate surface area is 149 Å². The Balaban J connectivity index is 1.95. The molecule has 0 N–H and O–H groups in total. The molecule has 0 unspecified atom stereocenters. The molecule has 138 valence electrons. The van der Waals surface area contributed by atoms with Crippen LogP contribution in [0.5, 0.6) is 11.5 Å². The molecule has 1 aliphatic rings. The van der Waals surface area contributed by atoms with Crippen LogP contribution < -0.4 is 4.74 Å². The second-order valence-corrected chi connectivity index (χ2v) is 7.40. The maximum Gasteiger partial charge on any atom is 0.312 e. The molecule has 0 saturated carbocycles. The highest BCUT2D eigenvalue weighted by Crippen LogP contribution is 2.34. The quantitative estimate of drug-likeness (QED) is 0.582. The van der Waals surface area contributed by atoms with E-state index in [1.54, 1.807) is 0 Å². The molecule has 0 amide bonds. The third-order valence-electron chi connectivity index (χ3n) is 3.76. The highest BCUT2D eigenvalue weighted by molar-refractivity contribution is 7.89. The number of sulfonamides is 1. The monoisotopic (exact) mass is 382 g/mol. The lowest BCUT2D eigenvalue weighted by Crippen LogP contribution is -2.40. The molecule has 10 heteroatoms. The van der Waals surface area contributed by atoms with Crippen LogP contribution in [0.4, 0.5) is 10.1 Å². The Hall–Kier alpha value is -2.56. The lowest BCUT2D eigenvalue weighted by Gasteiger charge is -2.26. The molecule has 1 heterocycles. The summed E-state index contributed by atoms with van der Waals surface area (Å²) >= 11 is 0. The summed E-state index contributed by atoms with van der Waals surface area (Å²) in [5.74, 6) is -0.671. The van der Waals surface area contributed by atoms with Gasteiger partial charge in [-0.05, 0) is 24.3 Å². The number of morpholine rings is 1. The van der Waals surface area contributed by atoms with Crippen molar-refractivity contribution in [3.8, 4) is 11.5 Å². The van der Waals surface area contributed by atoms with E-state index in [9.17, 15) is 22.9 Å². The zero-order valence-corrected chi connectivity index (χ0v) is 14.3. The van der Waals surface area contributed by atoms with E-state index in [4.69, 9.17) is 9.47 Å². The van der Waals surface area contributed by atoms with Crippen molar-refractivity contribution < 1.29 is 27.2 Å². The van der Waals surface area contributed by atoms with Crippen LogP contribution in [-0.2, 0) is 14.8 Å². The van der Waals surface area contributed by atoms with Gasteiger partial charge in [-0.15, -0.1) is 0 Å². The minimum absolute atomic E-state index is 0.0666. The van der Waals surface area contributed by atoms with Gasteiger partial charge in [0.05, 0.1) is 23.0 Å². The van der Waals surface area contributed by atoms with E-state index < -0.39 is 26.5 Å². The Kier molecular flexibility index (Phi) is 5.16. The van der Waals surface area contributed by atoms with E-state index >= 15 is 0 Å². The number of hydrogen-bond donors (Lipinski definition) is 0. The second kappa shape index (κ2) is 7.36. The van der Waals surface area contributed by atoms with E-state index in [1.165, 1.54) is 34.6 Å². The van der Waals surface area contributed by atoms with Crippen LogP contribution in [0.25, 0.3) is 0 Å². The summed E-state index contributed by atoms with van der Waals surface area (Å²) in [5, 5.41) is 11.4. The van der Waals surface area contributed by atoms with Crippen molar-refractivity contribution in [1.29, 1.82) is 0 Å². The van der Waals surface area contributed by atoms with E-state index in [2.05, 4.69) is 0 Å². The van der Waals surface area contributed by atoms with Crippen LogP contribution in [0.15, 0.2) is 47.4 Å². The normalized spacial score (nSPS) is 15.6. The second-order valence-electron chi connectivity index (χ2n) is 5.46. The maximum absolute atomic E-state index is 13.2. The molecule has 0 aromatic heterocycles. The van der Waals surface area contributed by atoms with Crippen molar-refractivity contribution in [3.05, 3.63) is 58.4 Å². The molecule has 0 atom stereocenters. The van der Waals surface area contributed by atoms with Crippen molar-refractivity contribution in [2.75, 3.05) is 26.3 Å². The van der Waals surface area contributed by atoms with Gasteiger partial charge in [0.1, 0.15) is 11.6 Å². The molecule has 0 spiro atoms. The van der Waals surface area contributed by atoms with Crippen molar-refractivity contribution >= 4 is 15.7 Å². The number of nitro benzene ring substituents is 1. The Bertz CT molecular complexity index is 928. The summed E-state index contributed by atoms with van der Waals surface area (Å²) in [6.45, 7) is 0.888. The van der Waals surface area contributed by atoms with Crippen LogP contribution in [-0.4, -0.2) is 43.9 Å². The molecule has 3 rings (SSSR count). The summed E-state index contributed by atoms with van der Waals surface area (Å²) in [7, 11) is -3.88. The molecule has 0 aliphatic carbocycles. The number of halogens is 1. The Morgan fingerprint density at radius 1 is 1.15 bits per heavy atom. The SMILES string of the molecule is O=[N+]([O-])c1cc(S(=O)(=O)N2CCOCC2)ccc1Oc1cccc(F)c1. The first kappa shape index (κ1) is 18.2. The lowest BCUT2D eigenvalue weighted by molar-refractivity contribution is -0.385. The lowest BCUT2D eigenvalue weighted by atomic mass is 10.3. The average molecular weight is 382 g/mol. The fourth-order valence-corrected chi connectivity index (χ4v) is 3.91. The third-order valence-corrected chi connectivity index (χ3v) is 5.65. The predicted octanol–water partition coefficient (Wildman–Crippen LogP) is 2.55. The summed E-state index contributed by atoms with van der Waals surface area (Å²) in [6, 6.07) is 8.47. The number of nitro groups is 1. The molecular weight excluding hydrogens is 367 g/mol. The van der Waals surface area contributed by atoms with Gasteiger partial charge in [0.25, 0.3) is 0 Å². The van der Waals surface area contributed by atoms with Crippen molar-refractivity contribution in [3.63, 3.8) is 0 Å². The van der Waals surface area contributed by atoms with E-state index in [1.807, 2.05) is 0 Å². The molecule has 8 nitrogen and oxygen atoms in total. The van der Waals surface area contributed by atoms with Crippen molar-refractivity contribution in [2.24, 2.45) is 0 Å². The molecule has 26 heavy (non-hydrogen) atoms. The first-order chi connectivity index (χ1) is 12.4. The van der Waals surface area contributed by atoms with Crippen LogP contribution >= 0.6 is 0 Å². The van der Waals surface area contributed by atoms with E-state index in [-0.39, 0.29) is 42.7 Å². The Morgan fingerprint density at radius 3 is 2.54 bits per heavy atom. The molecule has 2 aromatic carbocycles. The standard InChI is InChI=1S/C16H15FN2O6S/c17-12-2-1-3-13(10-12)25-16-5-4-14(11-15(16)19(20)21)26(22,23)18-6-8-24-9-7-18/h1-5,10-11H,6-9H2. The average Bonchev–Trinajstić information content (AvgIpc) is 2.62. The first-order valence-electron chi connectivity index (χ1n) is 7.68. The molecule has 1 fully saturated rings. The minimum atomic E-state index is -3.88. The predicted molar refractivity (Wildman–Crippen MR) is 89.1 cm³/mol. The number of hydrogen-bond acceptors (Lipinski definition) is 6. The number of ether oxygens (including phenoxy) is 2. The Morgan fingerprint density at radius 2 is 1.88 bits per heavy atom. The van der Waals surface area contributed by atoms with Gasteiger partial charge in [-0.3, -0.25) is 10.1 Å². The minimum Gasteiger partial charge on any atom is -0.450 e. The van der Waals surface area contributed by atoms with Crippen LogP contribution in [0.2, 0.25) is 0 Å². The number of nitrogens with zero attached hydrogens (tertiary/aromatic N) is 2. The largest absolute Gasteiger partial charge is 0.450 e. The topological polar surface area (TPSA) is 99.0 Å². The van der Waals surface area contributed by atoms with Gasteiger partial charge in [-0.2, -0.15) is 4.31 Å². The van der Waals surface area contributed by atoms with E-state index in [0.717, 1.165) is 12.1 Å². The summed E-state index contributed by atoms with van der Waals surface area (Å²) < 4.78 is 50.2. The smallest absolute Gasteiger partial charge is 0.312 e. The third kappa shape index (κ3) is 3.82. The van der Waals surface area contributed by atoms with Crippen LogP contribution in [0.1, 0.15) is 0 Å². The van der Waals surface area contributed by atoms with Crippen molar-refractivity contribution in [1.82, 2.24) is 4.31 Å². The molecule has 2 aromatic rings. The highest BCUT2D eigenvalue weighted by atomic mass is 32.2. The zero-order chi connectivity index (χ0) is 18.7. The summed E-state index contributed by atoms with van der Waals surface area (Å²) in [5.41, 5.74) is -0.524. The van der Waals surface area contributed by atoms with Gasteiger partial charge in [0.2, 0.25) is 15.8 Å². The van der Waals surface area contributed by atoms with Crippen LogP contribution in [0, 0.1) is 15.9 Å². The van der Waals surface area contributed by atoms with Gasteiger partial charge in [0, 0.05) is 25.2 Å². The summed E-state index contributed by atoms with van der Waals surface area (Å²) in [6.07, 6.45) is 0. The molecule has 0 radical (unpaired) electrons. The molecular formula is C16H15FN2O6S. The highest BCUT2D eigenvalue weighted by Gasteiger charge is 2.29. The molecule has 0 bridgehead atoms. The zero-order valence-electron chi connectivity index (χ0n) is 13.5. The summed E-state index contributed by atoms with van der Waals surface area (Å²) in [4.78, 5) is 10.4. The number of rotatable bonds is 5. The van der Waals surface area contributed by atoms with Gasteiger partial charge in [-0.1, -0.05) is 6.07 Å². The fraction of sp³-hybridized carbons (Fsp3) is 0.250. The fourth-order valence-electron chi connectivity index (χ4n) is 2.48. The van der Waals surface area contributed by atoms with Gasteiger partial charge in [0.15, 0.2) is 0 Å². The van der Waals surface area contributed by atoms with E-state index in [0.29, 0.717) is 0 Å². The molecule has 1 saturated heterocycles. The van der Waals surface area contributed by atoms with Crippen molar-refractivity contribution in [2.45, 2.75) is 4.90 Å². The number of benzene rings is 2. The first-order valence-corrected chi connectivity index (χ1v) is 9.12. The molecule has 1 aliphatic heterocycles. The van der Waals surface area contributed by atoms with Gasteiger partial charge < -0.3 is 9.47 Å².